The number of nitro groups is 1. The molecule has 0 radical (unpaired) electrons. The molecule has 7 heteroatoms. The van der Waals surface area contributed by atoms with Crippen LogP contribution in [-0.4, -0.2) is 10.9 Å². The molecule has 3 aromatic carbocycles. The second-order valence-electron chi connectivity index (χ2n) is 6.13. The van der Waals surface area contributed by atoms with E-state index < -0.39 is 10.9 Å². The van der Waals surface area contributed by atoms with E-state index in [4.69, 9.17) is 27.9 Å². The lowest BCUT2D eigenvalue weighted by molar-refractivity contribution is -0.384. The molecule has 0 fully saturated rings. The van der Waals surface area contributed by atoms with Gasteiger partial charge in [-0.15, -0.1) is 0 Å². The number of hydrogen-bond donors (Lipinski definition) is 0. The Kier molecular flexibility index (Phi) is 7.01. The van der Waals surface area contributed by atoms with Crippen molar-refractivity contribution in [2.24, 2.45) is 0 Å². The van der Waals surface area contributed by atoms with Crippen LogP contribution in [0.25, 0.3) is 5.57 Å². The Morgan fingerprint density at radius 2 is 1.47 bits per heavy atom. The Labute approximate surface area is 183 Å². The summed E-state index contributed by atoms with van der Waals surface area (Å²) in [6.45, 7) is 0. The summed E-state index contributed by atoms with van der Waals surface area (Å²) in [7, 11) is 0. The van der Waals surface area contributed by atoms with Crippen LogP contribution in [0.4, 0.5) is 5.69 Å². The Hall–Kier alpha value is -3.41. The van der Waals surface area contributed by atoms with E-state index >= 15 is 0 Å². The van der Waals surface area contributed by atoms with E-state index in [0.717, 1.165) is 16.7 Å². The number of nitrogens with zero attached hydrogens (tertiary/aromatic N) is 1. The summed E-state index contributed by atoms with van der Waals surface area (Å²) in [6.07, 6.45) is 4.58. The molecule has 0 saturated heterocycles. The number of esters is 1. The van der Waals surface area contributed by atoms with Gasteiger partial charge in [0.2, 0.25) is 0 Å². The summed E-state index contributed by atoms with van der Waals surface area (Å²) in [6, 6.07) is 19.9. The van der Waals surface area contributed by atoms with E-state index in [-0.39, 0.29) is 11.4 Å². The van der Waals surface area contributed by atoms with Crippen molar-refractivity contribution in [3.63, 3.8) is 0 Å². The molecule has 0 aliphatic rings. The first-order valence-electron chi connectivity index (χ1n) is 8.79. The smallest absolute Gasteiger partial charge is 0.336 e. The Morgan fingerprint density at radius 1 is 0.900 bits per heavy atom. The van der Waals surface area contributed by atoms with Crippen LogP contribution >= 0.6 is 23.2 Å². The van der Waals surface area contributed by atoms with Crippen molar-refractivity contribution >= 4 is 40.4 Å². The largest absolute Gasteiger partial charge is 0.423 e. The minimum Gasteiger partial charge on any atom is -0.423 e. The van der Waals surface area contributed by atoms with Crippen molar-refractivity contribution in [2.45, 2.75) is 0 Å². The highest BCUT2D eigenvalue weighted by Gasteiger charge is 2.08. The predicted octanol–water partition coefficient (Wildman–Crippen LogP) is 6.50. The molecule has 30 heavy (non-hydrogen) atoms. The number of allylic oxidation sites excluding steroid dienone is 2. The monoisotopic (exact) mass is 439 g/mol. The summed E-state index contributed by atoms with van der Waals surface area (Å²) in [5.41, 5.74) is 2.46. The van der Waals surface area contributed by atoms with Crippen molar-refractivity contribution in [1.82, 2.24) is 0 Å². The van der Waals surface area contributed by atoms with Crippen molar-refractivity contribution in [3.05, 3.63) is 122 Å². The third kappa shape index (κ3) is 5.80. The normalized spacial score (nSPS) is 10.6. The highest BCUT2D eigenvalue weighted by atomic mass is 35.5. The highest BCUT2D eigenvalue weighted by molar-refractivity contribution is 6.31. The van der Waals surface area contributed by atoms with Crippen molar-refractivity contribution in [2.75, 3.05) is 0 Å². The van der Waals surface area contributed by atoms with E-state index in [1.165, 1.54) is 30.3 Å². The molecule has 0 aliphatic heterocycles. The van der Waals surface area contributed by atoms with Crippen LogP contribution in [0, 0.1) is 10.1 Å². The molecule has 5 nitrogen and oxygen atoms in total. The fraction of sp³-hybridized carbons (Fsp3) is 0. The Morgan fingerprint density at radius 3 is 1.97 bits per heavy atom. The predicted molar refractivity (Wildman–Crippen MR) is 118 cm³/mol. The van der Waals surface area contributed by atoms with Gasteiger partial charge in [-0.05, 0) is 53.1 Å². The molecular formula is C23H15Cl2NO4. The van der Waals surface area contributed by atoms with Crippen LogP contribution in [-0.2, 0) is 4.79 Å². The summed E-state index contributed by atoms with van der Waals surface area (Å²) in [5.74, 6) is -0.402. The van der Waals surface area contributed by atoms with Crippen LogP contribution in [0.3, 0.4) is 0 Å². The summed E-state index contributed by atoms with van der Waals surface area (Å²) >= 11 is 12.3. The lowest BCUT2D eigenvalue weighted by Gasteiger charge is -2.09. The molecular weight excluding hydrogens is 425 g/mol. The van der Waals surface area contributed by atoms with Gasteiger partial charge in [0.05, 0.1) is 4.92 Å². The quantitative estimate of drug-likeness (QED) is 0.110. The van der Waals surface area contributed by atoms with E-state index in [1.54, 1.807) is 24.3 Å². The lowest BCUT2D eigenvalue weighted by atomic mass is 9.97. The van der Waals surface area contributed by atoms with Gasteiger partial charge in [-0.25, -0.2) is 4.79 Å². The standard InChI is InChI=1S/C23H15Cl2NO4/c24-18-6-1-4-16(14-18)22(17-5-2-7-19(25)15-17)8-3-9-23(27)30-21-12-10-20(11-13-21)26(28)29/h1-15H/b9-3+. The minimum atomic E-state index is -0.614. The van der Waals surface area contributed by atoms with E-state index in [9.17, 15) is 14.9 Å². The van der Waals surface area contributed by atoms with Gasteiger partial charge in [-0.2, -0.15) is 0 Å². The van der Waals surface area contributed by atoms with Crippen molar-refractivity contribution < 1.29 is 14.5 Å². The van der Waals surface area contributed by atoms with Crippen LogP contribution in [0.5, 0.6) is 5.75 Å². The maximum absolute atomic E-state index is 12.1. The summed E-state index contributed by atoms with van der Waals surface area (Å²) < 4.78 is 5.16. The molecule has 0 bridgehead atoms. The number of rotatable bonds is 6. The molecule has 150 valence electrons. The first-order valence-corrected chi connectivity index (χ1v) is 9.54. The maximum atomic E-state index is 12.1. The van der Waals surface area contributed by atoms with Gasteiger partial charge in [0, 0.05) is 28.3 Å². The van der Waals surface area contributed by atoms with Crippen LogP contribution in [0.15, 0.2) is 91.0 Å². The van der Waals surface area contributed by atoms with Crippen LogP contribution < -0.4 is 4.74 Å². The average molecular weight is 440 g/mol. The molecule has 3 rings (SSSR count). The van der Waals surface area contributed by atoms with Gasteiger partial charge < -0.3 is 4.74 Å². The molecule has 0 aliphatic carbocycles. The Balaban J connectivity index is 1.81. The first-order chi connectivity index (χ1) is 14.4. The van der Waals surface area contributed by atoms with Crippen LogP contribution in [0.2, 0.25) is 10.0 Å². The van der Waals surface area contributed by atoms with Gasteiger partial charge in [0.25, 0.3) is 5.69 Å². The number of non-ortho nitro benzene ring substituents is 1. The zero-order valence-electron chi connectivity index (χ0n) is 15.5. The number of halogens is 2. The van der Waals surface area contributed by atoms with Gasteiger partial charge in [-0.3, -0.25) is 10.1 Å². The van der Waals surface area contributed by atoms with Crippen molar-refractivity contribution in [1.29, 1.82) is 0 Å². The molecule has 0 spiro atoms. The fourth-order valence-corrected chi connectivity index (χ4v) is 3.06. The highest BCUT2D eigenvalue weighted by Crippen LogP contribution is 2.27. The SMILES string of the molecule is O=C(/C=C/C=C(c1cccc(Cl)c1)c1cccc(Cl)c1)Oc1ccc([N+](=O)[O-])cc1. The molecule has 3 aromatic rings. The number of nitro benzene ring substituents is 1. The summed E-state index contributed by atoms with van der Waals surface area (Å²) in [4.78, 5) is 22.2. The third-order valence-electron chi connectivity index (χ3n) is 4.03. The van der Waals surface area contributed by atoms with Gasteiger partial charge in [-0.1, -0.05) is 59.6 Å². The molecule has 0 aromatic heterocycles. The average Bonchev–Trinajstić information content (AvgIpc) is 2.71. The van der Waals surface area contributed by atoms with E-state index in [1.807, 2.05) is 36.4 Å². The second kappa shape index (κ2) is 9.87. The number of benzene rings is 3. The lowest BCUT2D eigenvalue weighted by Crippen LogP contribution is -2.03. The number of ether oxygens (including phenoxy) is 1. The van der Waals surface area contributed by atoms with Gasteiger partial charge >= 0.3 is 5.97 Å². The topological polar surface area (TPSA) is 69.4 Å². The van der Waals surface area contributed by atoms with Crippen LogP contribution in [0.1, 0.15) is 11.1 Å². The minimum absolute atomic E-state index is 0.0824. The summed E-state index contributed by atoms with van der Waals surface area (Å²) in [5, 5.41) is 11.8. The molecule has 0 atom stereocenters. The van der Waals surface area contributed by atoms with Crippen molar-refractivity contribution in [3.8, 4) is 5.75 Å². The Bertz CT molecular complexity index is 1090. The zero-order valence-corrected chi connectivity index (χ0v) is 17.0. The second-order valence-corrected chi connectivity index (χ2v) is 7.01. The first kappa shape index (κ1) is 21.3. The molecule has 0 heterocycles. The van der Waals surface area contributed by atoms with E-state index in [2.05, 4.69) is 0 Å². The zero-order chi connectivity index (χ0) is 21.5. The maximum Gasteiger partial charge on any atom is 0.336 e. The molecule has 0 unspecified atom stereocenters. The molecule has 0 saturated carbocycles. The molecule has 0 amide bonds. The third-order valence-corrected chi connectivity index (χ3v) is 4.50. The molecule has 0 N–H and O–H groups in total. The number of hydrogen-bond acceptors (Lipinski definition) is 4. The number of carbonyl (C=O) groups excluding carboxylic acids is 1. The number of carbonyl (C=O) groups is 1. The van der Waals surface area contributed by atoms with Gasteiger partial charge in [0.1, 0.15) is 5.75 Å². The van der Waals surface area contributed by atoms with Gasteiger partial charge in [0.15, 0.2) is 0 Å². The van der Waals surface area contributed by atoms with E-state index in [0.29, 0.717) is 10.0 Å². The fourth-order valence-electron chi connectivity index (χ4n) is 2.68.